The van der Waals surface area contributed by atoms with E-state index in [0.29, 0.717) is 31.0 Å². The van der Waals surface area contributed by atoms with Crippen LogP contribution in [0.3, 0.4) is 0 Å². The highest BCUT2D eigenvalue weighted by Crippen LogP contribution is 2.13. The van der Waals surface area contributed by atoms with E-state index >= 15 is 0 Å². The van der Waals surface area contributed by atoms with Crippen LogP contribution in [0.5, 0.6) is 0 Å². The molecule has 0 unspecified atom stereocenters. The first-order chi connectivity index (χ1) is 10.7. The van der Waals surface area contributed by atoms with Crippen LogP contribution in [0.15, 0.2) is 41.9 Å². The molecule has 1 amide bonds. The van der Waals surface area contributed by atoms with Crippen molar-refractivity contribution in [3.63, 3.8) is 0 Å². The second kappa shape index (κ2) is 10.7. The summed E-state index contributed by atoms with van der Waals surface area (Å²) in [5, 5.41) is 9.71. The van der Waals surface area contributed by atoms with Crippen molar-refractivity contribution in [1.29, 1.82) is 0 Å². The molecule has 1 rings (SSSR count). The maximum Gasteiger partial charge on any atom is 0.224 e. The van der Waals surface area contributed by atoms with Gasteiger partial charge in [-0.15, -0.1) is 6.58 Å². The Morgan fingerprint density at radius 2 is 2.05 bits per heavy atom. The van der Waals surface area contributed by atoms with Gasteiger partial charge in [-0.25, -0.2) is 0 Å². The number of benzene rings is 1. The number of hydrogen-bond donors (Lipinski definition) is 3. The molecule has 120 valence electrons. The number of carbonyl (C=O) groups excluding carboxylic acids is 1. The molecule has 0 bridgehead atoms. The molecule has 0 atom stereocenters. The Bertz CT molecular complexity index is 499. The summed E-state index contributed by atoms with van der Waals surface area (Å²) in [5.74, 6) is 0.710. The number of aliphatic imine (C=N–C) groups is 1. The van der Waals surface area contributed by atoms with Crippen LogP contribution in [0.4, 0.5) is 5.69 Å². The second-order valence-electron chi connectivity index (χ2n) is 4.59. The highest BCUT2D eigenvalue weighted by atomic mass is 35.5. The molecule has 0 aromatic heterocycles. The summed E-state index contributed by atoms with van der Waals surface area (Å²) in [5.41, 5.74) is 0.749. The molecule has 0 fully saturated rings. The van der Waals surface area contributed by atoms with Gasteiger partial charge < -0.3 is 16.0 Å². The lowest BCUT2D eigenvalue weighted by Gasteiger charge is -2.09. The zero-order valence-corrected chi connectivity index (χ0v) is 13.6. The predicted molar refractivity (Wildman–Crippen MR) is 93.5 cm³/mol. The average Bonchev–Trinajstić information content (AvgIpc) is 2.51. The largest absolute Gasteiger partial charge is 0.357 e. The number of nitrogens with zero attached hydrogens (tertiary/aromatic N) is 1. The maximum atomic E-state index is 11.8. The van der Waals surface area contributed by atoms with Gasteiger partial charge in [0, 0.05) is 36.8 Å². The van der Waals surface area contributed by atoms with Gasteiger partial charge in [0.25, 0.3) is 0 Å². The van der Waals surface area contributed by atoms with Crippen molar-refractivity contribution >= 4 is 29.2 Å². The molecule has 0 heterocycles. The number of guanidine groups is 1. The third-order valence-electron chi connectivity index (χ3n) is 2.72. The smallest absolute Gasteiger partial charge is 0.224 e. The van der Waals surface area contributed by atoms with Crippen molar-refractivity contribution in [2.24, 2.45) is 4.99 Å². The van der Waals surface area contributed by atoms with Crippen LogP contribution in [-0.2, 0) is 4.79 Å². The molecule has 22 heavy (non-hydrogen) atoms. The van der Waals surface area contributed by atoms with Crippen molar-refractivity contribution in [2.75, 3.05) is 25.0 Å². The van der Waals surface area contributed by atoms with E-state index < -0.39 is 0 Å². The number of halogens is 1. The molecular weight excluding hydrogens is 300 g/mol. The Balaban J connectivity index is 2.30. The predicted octanol–water partition coefficient (Wildman–Crippen LogP) is 2.80. The summed E-state index contributed by atoms with van der Waals surface area (Å²) >= 11 is 5.80. The maximum absolute atomic E-state index is 11.8. The van der Waals surface area contributed by atoms with Gasteiger partial charge in [-0.05, 0) is 37.6 Å². The van der Waals surface area contributed by atoms with E-state index in [9.17, 15) is 4.79 Å². The van der Waals surface area contributed by atoms with Gasteiger partial charge in [0.1, 0.15) is 0 Å². The minimum atomic E-state index is -0.0263. The lowest BCUT2D eigenvalue weighted by atomic mass is 10.2. The number of rotatable bonds is 8. The van der Waals surface area contributed by atoms with E-state index in [1.807, 2.05) is 6.92 Å². The number of anilines is 1. The Labute approximate surface area is 136 Å². The molecule has 1 aromatic rings. The average molecular weight is 323 g/mol. The lowest BCUT2D eigenvalue weighted by molar-refractivity contribution is -0.116. The number of amides is 1. The van der Waals surface area contributed by atoms with E-state index in [1.54, 1.807) is 30.3 Å². The fraction of sp³-hybridized carbons (Fsp3) is 0.375. The molecule has 0 aliphatic heterocycles. The highest BCUT2D eigenvalue weighted by molar-refractivity contribution is 6.30. The molecule has 0 saturated heterocycles. The van der Waals surface area contributed by atoms with Crippen molar-refractivity contribution < 1.29 is 4.79 Å². The van der Waals surface area contributed by atoms with Gasteiger partial charge in [0.15, 0.2) is 5.96 Å². The van der Waals surface area contributed by atoms with Crippen LogP contribution in [0, 0.1) is 0 Å². The molecular formula is C16H23ClN4O. The normalized spacial score (nSPS) is 10.9. The first-order valence-corrected chi connectivity index (χ1v) is 7.72. The quantitative estimate of drug-likeness (QED) is 0.298. The first kappa shape index (κ1) is 18.0. The molecule has 0 spiro atoms. The number of nitrogens with one attached hydrogen (secondary N) is 3. The summed E-state index contributed by atoms with van der Waals surface area (Å²) in [6, 6.07) is 7.05. The standard InChI is InChI=1S/C16H23ClN4O/c1-3-11-19-16(18-4-2)20-12-5-6-15(22)21-14-9-7-13(17)8-10-14/h3,7-10H,1,4-6,11-12H2,2H3,(H,21,22)(H2,18,19,20). The zero-order valence-electron chi connectivity index (χ0n) is 12.9. The molecule has 1 aromatic carbocycles. The van der Waals surface area contributed by atoms with Gasteiger partial charge in [0.05, 0.1) is 0 Å². The summed E-state index contributed by atoms with van der Waals surface area (Å²) in [6.07, 6.45) is 2.88. The Kier molecular flexibility index (Phi) is 8.76. The van der Waals surface area contributed by atoms with Crippen LogP contribution in [0.1, 0.15) is 19.8 Å². The van der Waals surface area contributed by atoms with Crippen LogP contribution in [-0.4, -0.2) is 31.5 Å². The minimum Gasteiger partial charge on any atom is -0.357 e. The third kappa shape index (κ3) is 7.69. The second-order valence-corrected chi connectivity index (χ2v) is 5.03. The minimum absolute atomic E-state index is 0.0263. The van der Waals surface area contributed by atoms with Crippen molar-refractivity contribution in [2.45, 2.75) is 19.8 Å². The van der Waals surface area contributed by atoms with Crippen molar-refractivity contribution in [3.8, 4) is 0 Å². The number of carbonyl (C=O) groups is 1. The molecule has 0 saturated carbocycles. The van der Waals surface area contributed by atoms with Gasteiger partial charge in [-0.2, -0.15) is 0 Å². The fourth-order valence-electron chi connectivity index (χ4n) is 1.70. The summed E-state index contributed by atoms with van der Waals surface area (Å²) in [7, 11) is 0. The van der Waals surface area contributed by atoms with E-state index in [4.69, 9.17) is 11.6 Å². The SMILES string of the molecule is C=CCNC(=NCCCC(=O)Nc1ccc(Cl)cc1)NCC. The molecule has 0 aliphatic carbocycles. The van der Waals surface area contributed by atoms with E-state index in [2.05, 4.69) is 27.5 Å². The topological polar surface area (TPSA) is 65.5 Å². The van der Waals surface area contributed by atoms with Gasteiger partial charge in [-0.1, -0.05) is 17.7 Å². The van der Waals surface area contributed by atoms with Gasteiger partial charge in [-0.3, -0.25) is 9.79 Å². The van der Waals surface area contributed by atoms with Crippen LogP contribution in [0.25, 0.3) is 0 Å². The van der Waals surface area contributed by atoms with Crippen molar-refractivity contribution in [3.05, 3.63) is 41.9 Å². The monoisotopic (exact) mass is 322 g/mol. The Morgan fingerprint density at radius 3 is 2.68 bits per heavy atom. The van der Waals surface area contributed by atoms with Gasteiger partial charge in [0.2, 0.25) is 5.91 Å². The fourth-order valence-corrected chi connectivity index (χ4v) is 1.82. The Hall–Kier alpha value is -2.01. The summed E-state index contributed by atoms with van der Waals surface area (Å²) in [4.78, 5) is 16.2. The van der Waals surface area contributed by atoms with Crippen LogP contribution in [0.2, 0.25) is 5.02 Å². The summed E-state index contributed by atoms with van der Waals surface area (Å²) in [6.45, 7) is 7.69. The molecule has 3 N–H and O–H groups in total. The molecule has 0 aliphatic rings. The molecule has 0 radical (unpaired) electrons. The summed E-state index contributed by atoms with van der Waals surface area (Å²) < 4.78 is 0. The number of hydrogen-bond acceptors (Lipinski definition) is 2. The lowest BCUT2D eigenvalue weighted by Crippen LogP contribution is -2.37. The molecule has 6 heteroatoms. The van der Waals surface area contributed by atoms with Crippen LogP contribution < -0.4 is 16.0 Å². The van der Waals surface area contributed by atoms with Crippen molar-refractivity contribution in [1.82, 2.24) is 10.6 Å². The van der Waals surface area contributed by atoms with Crippen LogP contribution >= 0.6 is 11.6 Å². The van der Waals surface area contributed by atoms with E-state index in [0.717, 1.165) is 18.2 Å². The highest BCUT2D eigenvalue weighted by Gasteiger charge is 2.02. The third-order valence-corrected chi connectivity index (χ3v) is 2.97. The zero-order chi connectivity index (χ0) is 16.2. The Morgan fingerprint density at radius 1 is 1.32 bits per heavy atom. The van der Waals surface area contributed by atoms with Gasteiger partial charge >= 0.3 is 0 Å². The van der Waals surface area contributed by atoms with E-state index in [-0.39, 0.29) is 5.91 Å². The molecule has 5 nitrogen and oxygen atoms in total. The van der Waals surface area contributed by atoms with E-state index in [1.165, 1.54) is 0 Å². The first-order valence-electron chi connectivity index (χ1n) is 7.34.